The molecule has 1 aromatic rings. The number of nitrogens with zero attached hydrogens (tertiary/aromatic N) is 2. The zero-order valence-corrected chi connectivity index (χ0v) is 6.39. The van der Waals surface area contributed by atoms with Crippen LogP contribution >= 0.6 is 7.82 Å². The monoisotopic (exact) mass is 178 g/mol. The summed E-state index contributed by atoms with van der Waals surface area (Å²) in [6.07, 6.45) is 3.03. The summed E-state index contributed by atoms with van der Waals surface area (Å²) in [7, 11) is -4.37. The number of hydrogen-bond acceptors (Lipinski definition) is 3. The molecule has 62 valence electrons. The van der Waals surface area contributed by atoms with Gasteiger partial charge in [0.1, 0.15) is 0 Å². The summed E-state index contributed by atoms with van der Waals surface area (Å²) in [6.45, 7) is -0.239. The van der Waals surface area contributed by atoms with E-state index in [9.17, 15) is 4.57 Å². The predicted molar refractivity (Wildman–Crippen MR) is 35.4 cm³/mol. The van der Waals surface area contributed by atoms with Gasteiger partial charge < -0.3 is 9.79 Å². The standard InChI is InChI=1S/C4H7N2O4P/c7-11(8,9)10-4-6-3-1-2-5-6/h1-3H,4H2,(H2,7,8,9). The van der Waals surface area contributed by atoms with E-state index >= 15 is 0 Å². The molecule has 0 aliphatic carbocycles. The molecule has 0 unspecified atom stereocenters. The maximum absolute atomic E-state index is 10.2. The molecule has 1 rings (SSSR count). The molecule has 0 aromatic carbocycles. The molecule has 0 radical (unpaired) electrons. The van der Waals surface area contributed by atoms with Crippen molar-refractivity contribution >= 4 is 7.82 Å². The van der Waals surface area contributed by atoms with Gasteiger partial charge in [-0.05, 0) is 6.07 Å². The number of hydrogen-bond donors (Lipinski definition) is 2. The highest BCUT2D eigenvalue weighted by molar-refractivity contribution is 7.46. The van der Waals surface area contributed by atoms with E-state index in [0.717, 1.165) is 0 Å². The van der Waals surface area contributed by atoms with Gasteiger partial charge in [-0.2, -0.15) is 5.10 Å². The van der Waals surface area contributed by atoms with Gasteiger partial charge in [-0.3, -0.25) is 4.52 Å². The fourth-order valence-electron chi connectivity index (χ4n) is 0.511. The van der Waals surface area contributed by atoms with Crippen molar-refractivity contribution in [1.29, 1.82) is 0 Å². The fourth-order valence-corrected chi connectivity index (χ4v) is 0.780. The van der Waals surface area contributed by atoms with Gasteiger partial charge in [-0.15, -0.1) is 0 Å². The molecule has 0 fully saturated rings. The van der Waals surface area contributed by atoms with E-state index in [2.05, 4.69) is 9.62 Å². The van der Waals surface area contributed by atoms with Crippen LogP contribution in [0.5, 0.6) is 0 Å². The molecule has 11 heavy (non-hydrogen) atoms. The average molecular weight is 178 g/mol. The lowest BCUT2D eigenvalue weighted by Crippen LogP contribution is -2.00. The lowest BCUT2D eigenvalue weighted by molar-refractivity contribution is 0.145. The Kier molecular flexibility index (Phi) is 2.41. The number of phosphoric acid groups is 1. The van der Waals surface area contributed by atoms with Crippen molar-refractivity contribution in [3.05, 3.63) is 18.5 Å². The van der Waals surface area contributed by atoms with E-state index < -0.39 is 7.82 Å². The first-order chi connectivity index (χ1) is 5.08. The molecule has 0 saturated carbocycles. The van der Waals surface area contributed by atoms with Crippen LogP contribution in [0.15, 0.2) is 18.5 Å². The summed E-state index contributed by atoms with van der Waals surface area (Å²) < 4.78 is 15.6. The third-order valence-electron chi connectivity index (χ3n) is 0.917. The van der Waals surface area contributed by atoms with Crippen LogP contribution in [0.4, 0.5) is 0 Å². The summed E-state index contributed by atoms with van der Waals surface area (Å²) in [6, 6.07) is 1.63. The van der Waals surface area contributed by atoms with E-state index in [1.165, 1.54) is 17.1 Å². The van der Waals surface area contributed by atoms with Crippen LogP contribution in [-0.2, 0) is 15.8 Å². The largest absolute Gasteiger partial charge is 0.471 e. The predicted octanol–water partition coefficient (Wildman–Crippen LogP) is -0.0501. The zero-order valence-electron chi connectivity index (χ0n) is 5.49. The van der Waals surface area contributed by atoms with E-state index in [-0.39, 0.29) is 6.73 Å². The number of aromatic nitrogens is 2. The first kappa shape index (κ1) is 8.42. The summed E-state index contributed by atoms with van der Waals surface area (Å²) >= 11 is 0. The Labute approximate surface area is 62.7 Å². The minimum absolute atomic E-state index is 0.239. The van der Waals surface area contributed by atoms with Crippen LogP contribution in [0.2, 0.25) is 0 Å². The van der Waals surface area contributed by atoms with Gasteiger partial charge in [-0.25, -0.2) is 9.25 Å². The molecule has 0 aliphatic rings. The Bertz CT molecular complexity index is 253. The van der Waals surface area contributed by atoms with Crippen molar-refractivity contribution in [2.45, 2.75) is 6.73 Å². The highest BCUT2D eigenvalue weighted by Gasteiger charge is 2.12. The lowest BCUT2D eigenvalue weighted by Gasteiger charge is -2.03. The van der Waals surface area contributed by atoms with Gasteiger partial charge >= 0.3 is 7.82 Å². The molecule has 6 nitrogen and oxygen atoms in total. The molecule has 0 aliphatic heterocycles. The molecule has 0 saturated heterocycles. The van der Waals surface area contributed by atoms with Crippen molar-refractivity contribution in [2.24, 2.45) is 0 Å². The second-order valence-electron chi connectivity index (χ2n) is 1.79. The van der Waals surface area contributed by atoms with Crippen molar-refractivity contribution in [1.82, 2.24) is 9.78 Å². The quantitative estimate of drug-likeness (QED) is 0.634. The molecule has 2 N–H and O–H groups in total. The molecule has 0 amide bonds. The molecule has 0 bridgehead atoms. The second kappa shape index (κ2) is 3.15. The Balaban J connectivity index is 2.41. The van der Waals surface area contributed by atoms with Crippen molar-refractivity contribution < 1.29 is 18.9 Å². The molecule has 0 atom stereocenters. The van der Waals surface area contributed by atoms with Gasteiger partial charge in [-0.1, -0.05) is 0 Å². The van der Waals surface area contributed by atoms with Crippen molar-refractivity contribution in [3.8, 4) is 0 Å². The van der Waals surface area contributed by atoms with E-state index in [4.69, 9.17) is 9.79 Å². The number of phosphoric ester groups is 1. The van der Waals surface area contributed by atoms with Crippen LogP contribution in [0.3, 0.4) is 0 Å². The first-order valence-corrected chi connectivity index (χ1v) is 4.28. The topological polar surface area (TPSA) is 84.6 Å². The maximum atomic E-state index is 10.2. The Morgan fingerprint density at radius 1 is 1.64 bits per heavy atom. The maximum Gasteiger partial charge on any atom is 0.471 e. The summed E-state index contributed by atoms with van der Waals surface area (Å²) in [4.78, 5) is 16.5. The second-order valence-corrected chi connectivity index (χ2v) is 3.03. The minimum Gasteiger partial charge on any atom is -0.303 e. The Morgan fingerprint density at radius 3 is 2.82 bits per heavy atom. The third kappa shape index (κ3) is 3.29. The molecule has 1 heterocycles. The summed E-state index contributed by atoms with van der Waals surface area (Å²) in [5.74, 6) is 0. The summed E-state index contributed by atoms with van der Waals surface area (Å²) in [5, 5.41) is 3.67. The highest BCUT2D eigenvalue weighted by atomic mass is 31.2. The third-order valence-corrected chi connectivity index (χ3v) is 1.37. The molecular weight excluding hydrogens is 171 g/mol. The molecular formula is C4H7N2O4P. The van der Waals surface area contributed by atoms with Gasteiger partial charge in [0.15, 0.2) is 6.73 Å². The average Bonchev–Trinajstić information content (AvgIpc) is 2.32. The highest BCUT2D eigenvalue weighted by Crippen LogP contribution is 2.35. The van der Waals surface area contributed by atoms with E-state index in [0.29, 0.717) is 0 Å². The lowest BCUT2D eigenvalue weighted by atomic mass is 10.8. The van der Waals surface area contributed by atoms with Gasteiger partial charge in [0.2, 0.25) is 0 Å². The molecule has 0 spiro atoms. The Hall–Kier alpha value is -0.680. The number of rotatable bonds is 3. The Morgan fingerprint density at radius 2 is 2.36 bits per heavy atom. The van der Waals surface area contributed by atoms with Gasteiger partial charge in [0.25, 0.3) is 0 Å². The smallest absolute Gasteiger partial charge is 0.303 e. The van der Waals surface area contributed by atoms with Gasteiger partial charge in [0.05, 0.1) is 0 Å². The molecule has 7 heteroatoms. The van der Waals surface area contributed by atoms with Gasteiger partial charge in [0, 0.05) is 12.4 Å². The van der Waals surface area contributed by atoms with Crippen LogP contribution in [0.25, 0.3) is 0 Å². The normalized spacial score (nSPS) is 11.8. The SMILES string of the molecule is O=P(O)(O)OCn1cccn1. The van der Waals surface area contributed by atoms with Crippen molar-refractivity contribution in [2.75, 3.05) is 0 Å². The van der Waals surface area contributed by atoms with E-state index in [1.807, 2.05) is 0 Å². The van der Waals surface area contributed by atoms with Crippen LogP contribution in [-0.4, -0.2) is 19.6 Å². The molecule has 1 aromatic heterocycles. The van der Waals surface area contributed by atoms with Crippen molar-refractivity contribution in [3.63, 3.8) is 0 Å². The zero-order chi connectivity index (χ0) is 8.32. The summed E-state index contributed by atoms with van der Waals surface area (Å²) in [5.41, 5.74) is 0. The van der Waals surface area contributed by atoms with E-state index in [1.54, 1.807) is 6.07 Å². The fraction of sp³-hybridized carbons (Fsp3) is 0.250. The van der Waals surface area contributed by atoms with Crippen LogP contribution in [0.1, 0.15) is 0 Å². The minimum atomic E-state index is -4.37. The van der Waals surface area contributed by atoms with Crippen LogP contribution in [0, 0.1) is 0 Å². The van der Waals surface area contributed by atoms with Crippen LogP contribution < -0.4 is 0 Å². The first-order valence-electron chi connectivity index (χ1n) is 2.75.